The maximum absolute atomic E-state index is 12.9. The van der Waals surface area contributed by atoms with Gasteiger partial charge in [0.15, 0.2) is 0 Å². The maximum atomic E-state index is 12.9. The van der Waals surface area contributed by atoms with Gasteiger partial charge in [-0.25, -0.2) is 4.39 Å². The number of nitrogens with zero attached hydrogens (tertiary/aromatic N) is 2. The van der Waals surface area contributed by atoms with Crippen molar-refractivity contribution in [3.63, 3.8) is 0 Å². The Kier molecular flexibility index (Phi) is 3.68. The number of nitrogens with two attached hydrogens (primary N) is 1. The summed E-state index contributed by atoms with van der Waals surface area (Å²) in [6.07, 6.45) is 1.58. The van der Waals surface area contributed by atoms with Crippen molar-refractivity contribution in [1.82, 2.24) is 9.78 Å². The van der Waals surface area contributed by atoms with Gasteiger partial charge >= 0.3 is 0 Å². The predicted molar refractivity (Wildman–Crippen MR) is 70.1 cm³/mol. The topological polar surface area (TPSA) is 43.8 Å². The second kappa shape index (κ2) is 5.08. The zero-order chi connectivity index (χ0) is 13.3. The molecule has 5 heteroatoms. The zero-order valence-electron chi connectivity index (χ0n) is 10.3. The molecule has 0 saturated carbocycles. The van der Waals surface area contributed by atoms with E-state index in [0.29, 0.717) is 5.02 Å². The van der Waals surface area contributed by atoms with Crippen molar-refractivity contribution >= 4 is 11.6 Å². The molecule has 96 valence electrons. The first-order valence-electron chi connectivity index (χ1n) is 5.74. The second-order valence-corrected chi connectivity index (χ2v) is 4.85. The van der Waals surface area contributed by atoms with Crippen LogP contribution in [0.2, 0.25) is 5.02 Å². The standard InChI is InChI=1S/C13H15ClFN3/c1-8(2)18-13(11(14)7-17-18)12(16)9-3-5-10(15)6-4-9/h3-8,12H,16H2,1-2H3. The quantitative estimate of drug-likeness (QED) is 0.927. The number of benzene rings is 1. The largest absolute Gasteiger partial charge is 0.319 e. The Labute approximate surface area is 110 Å². The highest BCUT2D eigenvalue weighted by atomic mass is 35.5. The Morgan fingerprint density at radius 3 is 2.44 bits per heavy atom. The van der Waals surface area contributed by atoms with E-state index in [1.165, 1.54) is 12.1 Å². The average Bonchev–Trinajstić information content (AvgIpc) is 2.71. The third-order valence-corrected chi connectivity index (χ3v) is 3.09. The van der Waals surface area contributed by atoms with E-state index >= 15 is 0 Å². The first kappa shape index (κ1) is 13.1. The second-order valence-electron chi connectivity index (χ2n) is 4.45. The molecule has 0 fully saturated rings. The van der Waals surface area contributed by atoms with E-state index in [1.54, 1.807) is 23.0 Å². The van der Waals surface area contributed by atoms with Gasteiger partial charge in [-0.15, -0.1) is 0 Å². The van der Waals surface area contributed by atoms with Crippen molar-refractivity contribution in [2.45, 2.75) is 25.9 Å². The molecule has 1 aromatic heterocycles. The molecule has 0 saturated heterocycles. The first-order valence-corrected chi connectivity index (χ1v) is 6.12. The maximum Gasteiger partial charge on any atom is 0.123 e. The summed E-state index contributed by atoms with van der Waals surface area (Å²) in [6, 6.07) is 5.85. The summed E-state index contributed by atoms with van der Waals surface area (Å²) in [6.45, 7) is 4.01. The van der Waals surface area contributed by atoms with E-state index in [9.17, 15) is 4.39 Å². The van der Waals surface area contributed by atoms with Crippen LogP contribution in [-0.2, 0) is 0 Å². The van der Waals surface area contributed by atoms with E-state index in [1.807, 2.05) is 13.8 Å². The van der Waals surface area contributed by atoms with Gasteiger partial charge in [0.1, 0.15) is 5.82 Å². The lowest BCUT2D eigenvalue weighted by atomic mass is 10.0. The number of halogens is 2. The van der Waals surface area contributed by atoms with Crippen molar-refractivity contribution in [3.8, 4) is 0 Å². The molecule has 1 unspecified atom stereocenters. The Morgan fingerprint density at radius 1 is 1.28 bits per heavy atom. The molecule has 0 aliphatic rings. The zero-order valence-corrected chi connectivity index (χ0v) is 11.0. The number of aromatic nitrogens is 2. The van der Waals surface area contributed by atoms with Crippen LogP contribution in [0.25, 0.3) is 0 Å². The summed E-state index contributed by atoms with van der Waals surface area (Å²) in [7, 11) is 0. The Bertz CT molecular complexity index is 534. The Morgan fingerprint density at radius 2 is 1.89 bits per heavy atom. The van der Waals surface area contributed by atoms with E-state index in [0.717, 1.165) is 11.3 Å². The van der Waals surface area contributed by atoms with Crippen molar-refractivity contribution in [3.05, 3.63) is 52.6 Å². The fourth-order valence-electron chi connectivity index (χ4n) is 1.88. The lowest BCUT2D eigenvalue weighted by Gasteiger charge is -2.17. The smallest absolute Gasteiger partial charge is 0.123 e. The fraction of sp³-hybridized carbons (Fsp3) is 0.308. The van der Waals surface area contributed by atoms with Gasteiger partial charge < -0.3 is 5.73 Å². The van der Waals surface area contributed by atoms with Crippen LogP contribution in [0.5, 0.6) is 0 Å². The van der Waals surface area contributed by atoms with E-state index in [2.05, 4.69) is 5.10 Å². The number of rotatable bonds is 3. The third kappa shape index (κ3) is 2.40. The van der Waals surface area contributed by atoms with Crippen LogP contribution in [0.4, 0.5) is 4.39 Å². The van der Waals surface area contributed by atoms with Crippen LogP contribution in [0.15, 0.2) is 30.5 Å². The van der Waals surface area contributed by atoms with E-state index < -0.39 is 6.04 Å². The highest BCUT2D eigenvalue weighted by molar-refractivity contribution is 6.31. The normalized spacial score (nSPS) is 13.0. The highest BCUT2D eigenvalue weighted by Crippen LogP contribution is 2.28. The molecule has 3 nitrogen and oxygen atoms in total. The van der Waals surface area contributed by atoms with E-state index in [-0.39, 0.29) is 11.9 Å². The van der Waals surface area contributed by atoms with E-state index in [4.69, 9.17) is 17.3 Å². The first-order chi connectivity index (χ1) is 8.50. The van der Waals surface area contributed by atoms with Crippen molar-refractivity contribution in [2.24, 2.45) is 5.73 Å². The third-order valence-electron chi connectivity index (χ3n) is 2.80. The molecule has 1 heterocycles. The number of hydrogen-bond donors (Lipinski definition) is 1. The van der Waals surface area contributed by atoms with Gasteiger partial charge in [-0.05, 0) is 31.5 Å². The van der Waals surface area contributed by atoms with Gasteiger partial charge in [0.2, 0.25) is 0 Å². The molecule has 2 rings (SSSR count). The molecule has 0 spiro atoms. The van der Waals surface area contributed by atoms with Crippen LogP contribution in [0.1, 0.15) is 37.2 Å². The molecule has 0 amide bonds. The van der Waals surface area contributed by atoms with Gasteiger partial charge in [-0.2, -0.15) is 5.10 Å². The molecule has 18 heavy (non-hydrogen) atoms. The average molecular weight is 268 g/mol. The summed E-state index contributed by atoms with van der Waals surface area (Å²) in [5.74, 6) is -0.283. The van der Waals surface area contributed by atoms with Crippen LogP contribution < -0.4 is 5.73 Å². The fourth-order valence-corrected chi connectivity index (χ4v) is 2.13. The summed E-state index contributed by atoms with van der Waals surface area (Å²) in [4.78, 5) is 0. The van der Waals surface area contributed by atoms with Crippen molar-refractivity contribution < 1.29 is 4.39 Å². The minimum atomic E-state index is -0.414. The van der Waals surface area contributed by atoms with Crippen molar-refractivity contribution in [2.75, 3.05) is 0 Å². The Balaban J connectivity index is 2.42. The summed E-state index contributed by atoms with van der Waals surface area (Å²) >= 11 is 6.13. The molecule has 0 aliphatic heterocycles. The SMILES string of the molecule is CC(C)n1ncc(Cl)c1C(N)c1ccc(F)cc1. The highest BCUT2D eigenvalue weighted by Gasteiger charge is 2.19. The summed E-state index contributed by atoms with van der Waals surface area (Å²) < 4.78 is 14.7. The molecule has 1 aromatic carbocycles. The molecule has 0 aliphatic carbocycles. The van der Waals surface area contributed by atoms with Crippen LogP contribution in [-0.4, -0.2) is 9.78 Å². The predicted octanol–water partition coefficient (Wildman–Crippen LogP) is 3.30. The lowest BCUT2D eigenvalue weighted by Crippen LogP contribution is -2.19. The molecule has 0 bridgehead atoms. The monoisotopic (exact) mass is 267 g/mol. The van der Waals surface area contributed by atoms with Crippen LogP contribution in [0, 0.1) is 5.82 Å². The molecule has 0 radical (unpaired) electrons. The van der Waals surface area contributed by atoms with Crippen molar-refractivity contribution in [1.29, 1.82) is 0 Å². The lowest BCUT2D eigenvalue weighted by molar-refractivity contribution is 0.499. The molecule has 2 N–H and O–H groups in total. The van der Waals surface area contributed by atoms with Gasteiger partial charge in [0, 0.05) is 6.04 Å². The summed E-state index contributed by atoms with van der Waals surface area (Å²) in [5.41, 5.74) is 7.74. The Hall–Kier alpha value is -1.39. The summed E-state index contributed by atoms with van der Waals surface area (Å²) in [5, 5.41) is 4.74. The minimum absolute atomic E-state index is 0.166. The van der Waals surface area contributed by atoms with Crippen LogP contribution >= 0.6 is 11.6 Å². The van der Waals surface area contributed by atoms with Gasteiger partial charge in [0.25, 0.3) is 0 Å². The molecule has 2 aromatic rings. The molecular weight excluding hydrogens is 253 g/mol. The van der Waals surface area contributed by atoms with Gasteiger partial charge in [-0.1, -0.05) is 23.7 Å². The number of hydrogen-bond acceptors (Lipinski definition) is 2. The van der Waals surface area contributed by atoms with Gasteiger partial charge in [-0.3, -0.25) is 4.68 Å². The molecule has 1 atom stereocenters. The minimum Gasteiger partial charge on any atom is -0.319 e. The van der Waals surface area contributed by atoms with Crippen LogP contribution in [0.3, 0.4) is 0 Å². The molecular formula is C13H15ClFN3. The van der Waals surface area contributed by atoms with Gasteiger partial charge in [0.05, 0.1) is 23.0 Å².